The molecule has 2 rings (SSSR count). The molecule has 0 aliphatic carbocycles. The van der Waals surface area contributed by atoms with Crippen LogP contribution in [0.15, 0.2) is 12.1 Å². The Morgan fingerprint density at radius 1 is 1.20 bits per heavy atom. The molecule has 0 bridgehead atoms. The number of likely N-dealkylation sites (tertiary alicyclic amines) is 1. The van der Waals surface area contributed by atoms with Gasteiger partial charge in [0.05, 0.1) is 19.8 Å². The number of methoxy groups -OCH3 is 2. The van der Waals surface area contributed by atoms with Crippen LogP contribution in [0, 0.1) is 15.4 Å². The topological polar surface area (TPSA) is 50.8 Å². The van der Waals surface area contributed by atoms with E-state index in [4.69, 9.17) is 9.47 Å². The van der Waals surface area contributed by atoms with Crippen LogP contribution in [0.2, 0.25) is 0 Å². The van der Waals surface area contributed by atoms with Gasteiger partial charge in [0.25, 0.3) is 5.91 Å². The minimum absolute atomic E-state index is 0.0641. The van der Waals surface area contributed by atoms with Crippen molar-refractivity contribution in [1.82, 2.24) is 10.2 Å². The van der Waals surface area contributed by atoms with Gasteiger partial charge in [-0.1, -0.05) is 13.8 Å². The van der Waals surface area contributed by atoms with Gasteiger partial charge >= 0.3 is 0 Å². The zero-order valence-corrected chi connectivity index (χ0v) is 17.8. The van der Waals surface area contributed by atoms with E-state index in [1.807, 2.05) is 6.07 Å². The van der Waals surface area contributed by atoms with Crippen molar-refractivity contribution in [2.75, 3.05) is 40.4 Å². The van der Waals surface area contributed by atoms with Crippen LogP contribution in [-0.2, 0) is 0 Å². The molecule has 1 heterocycles. The number of halogens is 1. The molecule has 1 N–H and O–H groups in total. The van der Waals surface area contributed by atoms with Crippen molar-refractivity contribution in [3.05, 3.63) is 21.3 Å². The normalized spacial score (nSPS) is 21.0. The monoisotopic (exact) mass is 460 g/mol. The first-order valence-corrected chi connectivity index (χ1v) is 9.94. The second kappa shape index (κ2) is 9.62. The Labute approximate surface area is 164 Å². The molecule has 1 aromatic rings. The molecule has 1 aromatic carbocycles. The molecule has 0 spiro atoms. The average molecular weight is 460 g/mol. The first kappa shape index (κ1) is 20.3. The number of carbonyl (C=O) groups excluding carboxylic acids is 1. The SMILES string of the molecule is COc1cc(I)c(C(=O)NCCCN2CC(C)CC(C)C2)cc1OC. The molecular formula is C19H29IN2O3. The Morgan fingerprint density at radius 3 is 2.40 bits per heavy atom. The second-order valence-corrected chi connectivity index (χ2v) is 8.16. The maximum Gasteiger partial charge on any atom is 0.252 e. The summed E-state index contributed by atoms with van der Waals surface area (Å²) in [5.41, 5.74) is 0.624. The lowest BCUT2D eigenvalue weighted by molar-refractivity contribution is 0.0946. The van der Waals surface area contributed by atoms with Gasteiger partial charge in [-0.05, 0) is 65.9 Å². The van der Waals surface area contributed by atoms with E-state index in [-0.39, 0.29) is 5.91 Å². The fourth-order valence-electron chi connectivity index (χ4n) is 3.60. The highest BCUT2D eigenvalue weighted by molar-refractivity contribution is 14.1. The first-order valence-electron chi connectivity index (χ1n) is 8.86. The van der Waals surface area contributed by atoms with E-state index in [1.165, 1.54) is 19.5 Å². The Morgan fingerprint density at radius 2 is 1.80 bits per heavy atom. The van der Waals surface area contributed by atoms with E-state index in [9.17, 15) is 4.79 Å². The first-order chi connectivity index (χ1) is 11.9. The molecule has 1 aliphatic rings. The summed E-state index contributed by atoms with van der Waals surface area (Å²) in [5.74, 6) is 2.69. The molecule has 0 aromatic heterocycles. The summed E-state index contributed by atoms with van der Waals surface area (Å²) >= 11 is 2.15. The minimum atomic E-state index is -0.0641. The molecule has 1 fully saturated rings. The van der Waals surface area contributed by atoms with Gasteiger partial charge in [-0.3, -0.25) is 4.79 Å². The summed E-state index contributed by atoms with van der Waals surface area (Å²) in [5, 5.41) is 3.02. The van der Waals surface area contributed by atoms with Gasteiger partial charge in [0, 0.05) is 23.2 Å². The molecule has 1 saturated heterocycles. The molecule has 25 heavy (non-hydrogen) atoms. The van der Waals surface area contributed by atoms with Gasteiger partial charge in [0.1, 0.15) is 0 Å². The number of hydrogen-bond acceptors (Lipinski definition) is 4. The fourth-order valence-corrected chi connectivity index (χ4v) is 4.29. The average Bonchev–Trinajstić information content (AvgIpc) is 2.57. The zero-order chi connectivity index (χ0) is 18.4. The largest absolute Gasteiger partial charge is 0.493 e. The lowest BCUT2D eigenvalue weighted by Crippen LogP contribution is -2.40. The van der Waals surface area contributed by atoms with Crippen LogP contribution in [0.3, 0.4) is 0 Å². The molecule has 140 valence electrons. The maximum absolute atomic E-state index is 12.5. The van der Waals surface area contributed by atoms with Crippen molar-refractivity contribution < 1.29 is 14.3 Å². The van der Waals surface area contributed by atoms with Crippen molar-refractivity contribution in [2.45, 2.75) is 26.7 Å². The third-order valence-corrected chi connectivity index (χ3v) is 5.49. The van der Waals surface area contributed by atoms with Crippen molar-refractivity contribution in [3.63, 3.8) is 0 Å². The van der Waals surface area contributed by atoms with Crippen LogP contribution < -0.4 is 14.8 Å². The molecule has 1 aliphatic heterocycles. The number of hydrogen-bond donors (Lipinski definition) is 1. The number of amides is 1. The predicted molar refractivity (Wildman–Crippen MR) is 109 cm³/mol. The standard InChI is InChI=1S/C19H29IN2O3/c1-13-8-14(2)12-22(11-13)7-5-6-21-19(23)15-9-17(24-3)18(25-4)10-16(15)20/h9-10,13-14H,5-8,11-12H2,1-4H3,(H,21,23). The van der Waals surface area contributed by atoms with Gasteiger partial charge in [-0.2, -0.15) is 0 Å². The smallest absolute Gasteiger partial charge is 0.252 e. The van der Waals surface area contributed by atoms with Crippen LogP contribution in [0.1, 0.15) is 37.0 Å². The minimum Gasteiger partial charge on any atom is -0.493 e. The van der Waals surface area contributed by atoms with Crippen molar-refractivity contribution >= 4 is 28.5 Å². The summed E-state index contributed by atoms with van der Waals surface area (Å²) in [7, 11) is 3.17. The molecule has 6 heteroatoms. The highest BCUT2D eigenvalue weighted by Crippen LogP contribution is 2.31. The zero-order valence-electron chi connectivity index (χ0n) is 15.6. The Hall–Kier alpha value is -1.02. The van der Waals surface area contributed by atoms with E-state index in [0.29, 0.717) is 23.6 Å². The number of piperidine rings is 1. The number of nitrogens with one attached hydrogen (secondary N) is 1. The van der Waals surface area contributed by atoms with Gasteiger partial charge < -0.3 is 19.7 Å². The van der Waals surface area contributed by atoms with Gasteiger partial charge in [0.15, 0.2) is 11.5 Å². The highest BCUT2D eigenvalue weighted by atomic mass is 127. The molecule has 2 unspecified atom stereocenters. The van der Waals surface area contributed by atoms with E-state index >= 15 is 0 Å². The summed E-state index contributed by atoms with van der Waals surface area (Å²) in [6.45, 7) is 8.71. The quantitative estimate of drug-likeness (QED) is 0.501. The van der Waals surface area contributed by atoms with Crippen LogP contribution in [0.4, 0.5) is 0 Å². The third kappa shape index (κ3) is 5.74. The van der Waals surface area contributed by atoms with Crippen molar-refractivity contribution in [3.8, 4) is 11.5 Å². The third-order valence-electron chi connectivity index (χ3n) is 4.60. The lowest BCUT2D eigenvalue weighted by atomic mass is 9.92. The summed E-state index contributed by atoms with van der Waals surface area (Å²) < 4.78 is 11.4. The number of nitrogens with zero attached hydrogens (tertiary/aromatic N) is 1. The molecule has 2 atom stereocenters. The van der Waals surface area contributed by atoms with Crippen LogP contribution in [0.25, 0.3) is 0 Å². The summed E-state index contributed by atoms with van der Waals surface area (Å²) in [6.07, 6.45) is 2.29. The second-order valence-electron chi connectivity index (χ2n) is 7.00. The number of ether oxygens (including phenoxy) is 2. The fraction of sp³-hybridized carbons (Fsp3) is 0.632. The van der Waals surface area contributed by atoms with Crippen LogP contribution in [-0.4, -0.2) is 51.2 Å². The molecular weight excluding hydrogens is 431 g/mol. The van der Waals surface area contributed by atoms with E-state index in [2.05, 4.69) is 46.7 Å². The van der Waals surface area contributed by atoms with Crippen LogP contribution in [0.5, 0.6) is 11.5 Å². The summed E-state index contributed by atoms with van der Waals surface area (Å²) in [4.78, 5) is 15.0. The lowest BCUT2D eigenvalue weighted by Gasteiger charge is -2.34. The van der Waals surface area contributed by atoms with E-state index < -0.39 is 0 Å². The number of benzene rings is 1. The Bertz CT molecular complexity index is 584. The number of carbonyl (C=O) groups is 1. The van der Waals surface area contributed by atoms with Gasteiger partial charge in [0.2, 0.25) is 0 Å². The Balaban J connectivity index is 1.84. The Kier molecular flexibility index (Phi) is 7.81. The maximum atomic E-state index is 12.5. The van der Waals surface area contributed by atoms with Crippen molar-refractivity contribution in [2.24, 2.45) is 11.8 Å². The van der Waals surface area contributed by atoms with Crippen LogP contribution >= 0.6 is 22.6 Å². The van der Waals surface area contributed by atoms with Crippen molar-refractivity contribution in [1.29, 1.82) is 0 Å². The predicted octanol–water partition coefficient (Wildman–Crippen LogP) is 3.41. The summed E-state index contributed by atoms with van der Waals surface area (Å²) in [6, 6.07) is 3.56. The van der Waals surface area contributed by atoms with E-state index in [1.54, 1.807) is 20.3 Å². The highest BCUT2D eigenvalue weighted by Gasteiger charge is 2.21. The number of rotatable bonds is 7. The molecule has 1 amide bonds. The molecule has 5 nitrogen and oxygen atoms in total. The van der Waals surface area contributed by atoms with Gasteiger partial charge in [-0.15, -0.1) is 0 Å². The molecule has 0 saturated carbocycles. The van der Waals surface area contributed by atoms with E-state index in [0.717, 1.165) is 28.4 Å². The molecule has 0 radical (unpaired) electrons. The van der Waals surface area contributed by atoms with Gasteiger partial charge in [-0.25, -0.2) is 0 Å².